The van der Waals surface area contributed by atoms with Crippen LogP contribution in [0.25, 0.3) is 0 Å². The van der Waals surface area contributed by atoms with Crippen LogP contribution in [0.15, 0.2) is 36.4 Å². The summed E-state index contributed by atoms with van der Waals surface area (Å²) >= 11 is 0. The van der Waals surface area contributed by atoms with Crippen LogP contribution >= 0.6 is 0 Å². The van der Waals surface area contributed by atoms with Crippen LogP contribution in [0.1, 0.15) is 28.3 Å². The number of halogens is 2. The Bertz CT molecular complexity index is 505. The predicted molar refractivity (Wildman–Crippen MR) is 71.4 cm³/mol. The Morgan fingerprint density at radius 1 is 0.842 bits per heavy atom. The van der Waals surface area contributed by atoms with Crippen molar-refractivity contribution in [1.82, 2.24) is 5.43 Å². The Morgan fingerprint density at radius 3 is 1.58 bits per heavy atom. The SMILES string of the molecule is Cc1cc(F)cc(C(NN)c2cc(C)cc(F)c2)c1. The molecule has 4 heteroatoms. The predicted octanol–water partition coefficient (Wildman–Crippen LogP) is 3.13. The fourth-order valence-corrected chi connectivity index (χ4v) is 2.25. The average molecular weight is 262 g/mol. The number of nitrogens with one attached hydrogen (secondary N) is 1. The minimum absolute atomic E-state index is 0.330. The van der Waals surface area contributed by atoms with Crippen molar-refractivity contribution in [1.29, 1.82) is 0 Å². The molecule has 2 aromatic carbocycles. The summed E-state index contributed by atoms with van der Waals surface area (Å²) in [5.74, 6) is 4.88. The number of benzene rings is 2. The van der Waals surface area contributed by atoms with E-state index in [1.165, 1.54) is 24.3 Å². The Labute approximate surface area is 111 Å². The van der Waals surface area contributed by atoms with Gasteiger partial charge in [0.25, 0.3) is 0 Å². The zero-order chi connectivity index (χ0) is 14.0. The molecule has 0 aliphatic rings. The van der Waals surface area contributed by atoms with Crippen LogP contribution in [0.5, 0.6) is 0 Å². The summed E-state index contributed by atoms with van der Waals surface area (Å²) in [6, 6.07) is 8.89. The molecule has 0 spiro atoms. The molecule has 0 saturated carbocycles. The molecule has 0 aromatic heterocycles. The lowest BCUT2D eigenvalue weighted by Crippen LogP contribution is -2.29. The van der Waals surface area contributed by atoms with E-state index in [4.69, 9.17) is 5.84 Å². The summed E-state index contributed by atoms with van der Waals surface area (Å²) in [4.78, 5) is 0. The maximum absolute atomic E-state index is 13.5. The zero-order valence-corrected chi connectivity index (χ0v) is 10.9. The lowest BCUT2D eigenvalue weighted by atomic mass is 9.96. The van der Waals surface area contributed by atoms with Gasteiger partial charge in [-0.3, -0.25) is 5.84 Å². The molecule has 3 N–H and O–H groups in total. The molecule has 2 rings (SSSR count). The average Bonchev–Trinajstić information content (AvgIpc) is 2.27. The molecule has 0 saturated heterocycles. The molecule has 0 aliphatic carbocycles. The Morgan fingerprint density at radius 2 is 1.26 bits per heavy atom. The van der Waals surface area contributed by atoms with Gasteiger partial charge in [-0.25, -0.2) is 14.2 Å². The Hall–Kier alpha value is -1.78. The van der Waals surface area contributed by atoms with Crippen molar-refractivity contribution in [2.45, 2.75) is 19.9 Å². The topological polar surface area (TPSA) is 38.0 Å². The molecule has 2 nitrogen and oxygen atoms in total. The molecule has 0 bridgehead atoms. The van der Waals surface area contributed by atoms with Gasteiger partial charge in [-0.15, -0.1) is 0 Å². The van der Waals surface area contributed by atoms with E-state index in [1.807, 2.05) is 12.1 Å². The van der Waals surface area contributed by atoms with Gasteiger partial charge in [0.05, 0.1) is 6.04 Å². The van der Waals surface area contributed by atoms with E-state index in [2.05, 4.69) is 5.43 Å². The van der Waals surface area contributed by atoms with Gasteiger partial charge in [0, 0.05) is 0 Å². The number of rotatable bonds is 3. The van der Waals surface area contributed by atoms with Crippen molar-refractivity contribution in [3.63, 3.8) is 0 Å². The summed E-state index contributed by atoms with van der Waals surface area (Å²) in [7, 11) is 0. The molecule has 0 heterocycles. The van der Waals surface area contributed by atoms with Crippen LogP contribution in [0.4, 0.5) is 8.78 Å². The van der Waals surface area contributed by atoms with E-state index in [9.17, 15) is 8.78 Å². The molecule has 19 heavy (non-hydrogen) atoms. The summed E-state index contributed by atoms with van der Waals surface area (Å²) in [5, 5.41) is 0. The van der Waals surface area contributed by atoms with Crippen LogP contribution in [0.2, 0.25) is 0 Å². The first-order chi connectivity index (χ1) is 8.99. The molecule has 0 atom stereocenters. The van der Waals surface area contributed by atoms with Gasteiger partial charge >= 0.3 is 0 Å². The van der Waals surface area contributed by atoms with Crippen LogP contribution in [0, 0.1) is 25.5 Å². The summed E-state index contributed by atoms with van der Waals surface area (Å²) in [6.07, 6.45) is 0. The van der Waals surface area contributed by atoms with Gasteiger partial charge in [-0.1, -0.05) is 12.1 Å². The monoisotopic (exact) mass is 262 g/mol. The van der Waals surface area contributed by atoms with Gasteiger partial charge in [0.15, 0.2) is 0 Å². The summed E-state index contributed by atoms with van der Waals surface area (Å²) in [5.41, 5.74) is 5.54. The molecule has 2 aromatic rings. The van der Waals surface area contributed by atoms with Crippen LogP contribution < -0.4 is 11.3 Å². The highest BCUT2D eigenvalue weighted by Crippen LogP contribution is 2.24. The number of nitrogens with two attached hydrogens (primary N) is 1. The highest BCUT2D eigenvalue weighted by molar-refractivity contribution is 5.36. The van der Waals surface area contributed by atoms with Crippen molar-refractivity contribution >= 4 is 0 Å². The number of hydrazine groups is 1. The maximum atomic E-state index is 13.5. The van der Waals surface area contributed by atoms with Crippen molar-refractivity contribution in [2.75, 3.05) is 0 Å². The second kappa shape index (κ2) is 5.47. The summed E-state index contributed by atoms with van der Waals surface area (Å²) in [6.45, 7) is 3.61. The maximum Gasteiger partial charge on any atom is 0.123 e. The van der Waals surface area contributed by atoms with Crippen molar-refractivity contribution in [3.8, 4) is 0 Å². The van der Waals surface area contributed by atoms with E-state index in [0.29, 0.717) is 11.1 Å². The van der Waals surface area contributed by atoms with Gasteiger partial charge in [-0.2, -0.15) is 0 Å². The fourth-order valence-electron chi connectivity index (χ4n) is 2.25. The lowest BCUT2D eigenvalue weighted by molar-refractivity contribution is 0.593. The smallest absolute Gasteiger partial charge is 0.123 e. The van der Waals surface area contributed by atoms with Gasteiger partial charge < -0.3 is 0 Å². The molecule has 0 aliphatic heterocycles. The normalized spacial score (nSPS) is 11.1. The van der Waals surface area contributed by atoms with Crippen molar-refractivity contribution < 1.29 is 8.78 Å². The standard InChI is InChI=1S/C15H16F2N2/c1-9-3-11(7-13(16)5-9)15(19-18)12-4-10(2)6-14(17)8-12/h3-8,15,19H,18H2,1-2H3. The first-order valence-corrected chi connectivity index (χ1v) is 6.00. The van der Waals surface area contributed by atoms with Crippen molar-refractivity contribution in [2.24, 2.45) is 5.84 Å². The first kappa shape index (κ1) is 13.6. The molecule has 0 unspecified atom stereocenters. The van der Waals surface area contributed by atoms with Gasteiger partial charge in [0.1, 0.15) is 11.6 Å². The zero-order valence-electron chi connectivity index (χ0n) is 10.9. The van der Waals surface area contributed by atoms with Crippen LogP contribution in [0.3, 0.4) is 0 Å². The third kappa shape index (κ3) is 3.16. The quantitative estimate of drug-likeness (QED) is 0.658. The Balaban J connectivity index is 2.49. The second-order valence-corrected chi connectivity index (χ2v) is 4.72. The second-order valence-electron chi connectivity index (χ2n) is 4.72. The van der Waals surface area contributed by atoms with Crippen LogP contribution in [-0.2, 0) is 0 Å². The largest absolute Gasteiger partial charge is 0.271 e. The number of aryl methyl sites for hydroxylation is 2. The van der Waals surface area contributed by atoms with E-state index >= 15 is 0 Å². The number of hydrogen-bond acceptors (Lipinski definition) is 2. The lowest BCUT2D eigenvalue weighted by Gasteiger charge is -2.18. The minimum Gasteiger partial charge on any atom is -0.271 e. The third-order valence-corrected chi connectivity index (χ3v) is 2.96. The highest BCUT2D eigenvalue weighted by Gasteiger charge is 2.15. The molecule has 0 amide bonds. The molecular weight excluding hydrogens is 246 g/mol. The van der Waals surface area contributed by atoms with E-state index in [-0.39, 0.29) is 11.6 Å². The molecule has 0 radical (unpaired) electrons. The van der Waals surface area contributed by atoms with E-state index in [0.717, 1.165) is 11.1 Å². The molecular formula is C15H16F2N2. The van der Waals surface area contributed by atoms with E-state index < -0.39 is 6.04 Å². The van der Waals surface area contributed by atoms with Gasteiger partial charge in [-0.05, 0) is 60.4 Å². The molecule has 0 fully saturated rings. The van der Waals surface area contributed by atoms with Gasteiger partial charge in [0.2, 0.25) is 0 Å². The summed E-state index contributed by atoms with van der Waals surface area (Å²) < 4.78 is 26.9. The van der Waals surface area contributed by atoms with Crippen molar-refractivity contribution in [3.05, 3.63) is 70.3 Å². The Kier molecular flexibility index (Phi) is 3.93. The fraction of sp³-hybridized carbons (Fsp3) is 0.200. The van der Waals surface area contributed by atoms with Crippen LogP contribution in [-0.4, -0.2) is 0 Å². The van der Waals surface area contributed by atoms with E-state index in [1.54, 1.807) is 13.8 Å². The first-order valence-electron chi connectivity index (χ1n) is 6.00. The minimum atomic E-state index is -0.441. The third-order valence-electron chi connectivity index (χ3n) is 2.96. The highest BCUT2D eigenvalue weighted by atomic mass is 19.1. The number of hydrogen-bond donors (Lipinski definition) is 2. The molecule has 100 valence electrons.